The molecule has 0 unspecified atom stereocenters. The minimum absolute atomic E-state index is 0.243. The Hall–Kier alpha value is -1.25. The summed E-state index contributed by atoms with van der Waals surface area (Å²) < 4.78 is 13.2. The second-order valence-corrected chi connectivity index (χ2v) is 4.58. The molecule has 1 aliphatic rings. The summed E-state index contributed by atoms with van der Waals surface area (Å²) in [6.45, 7) is 4.27. The standard InChI is InChI=1S/C13H19FN2/c1-2-10-3-5-16(6-4-10)13-8-11(14)7-12(15)9-13/h7-10H,2-6,15H2,1H3. The van der Waals surface area contributed by atoms with Gasteiger partial charge in [0.25, 0.3) is 0 Å². The zero-order chi connectivity index (χ0) is 11.5. The summed E-state index contributed by atoms with van der Waals surface area (Å²) in [6, 6.07) is 4.79. The molecule has 1 fully saturated rings. The van der Waals surface area contributed by atoms with Crippen LogP contribution in [0.1, 0.15) is 26.2 Å². The largest absolute Gasteiger partial charge is 0.399 e. The Bertz CT molecular complexity index is 337. The Morgan fingerprint density at radius 2 is 2.00 bits per heavy atom. The first kappa shape index (κ1) is 11.2. The predicted octanol–water partition coefficient (Wildman–Crippen LogP) is 3.03. The topological polar surface area (TPSA) is 29.3 Å². The van der Waals surface area contributed by atoms with Gasteiger partial charge in [0.2, 0.25) is 0 Å². The van der Waals surface area contributed by atoms with E-state index in [4.69, 9.17) is 5.73 Å². The highest BCUT2D eigenvalue weighted by Gasteiger charge is 2.18. The highest BCUT2D eigenvalue weighted by molar-refractivity contribution is 5.56. The third-order valence-corrected chi connectivity index (χ3v) is 3.46. The number of nitrogens with zero attached hydrogens (tertiary/aromatic N) is 1. The first-order valence-corrected chi connectivity index (χ1v) is 6.00. The summed E-state index contributed by atoms with van der Waals surface area (Å²) in [7, 11) is 0. The fourth-order valence-electron chi connectivity index (χ4n) is 2.38. The molecule has 0 aromatic heterocycles. The van der Waals surface area contributed by atoms with Crippen LogP contribution in [0.15, 0.2) is 18.2 Å². The van der Waals surface area contributed by atoms with E-state index in [-0.39, 0.29) is 5.82 Å². The van der Waals surface area contributed by atoms with Crippen LogP contribution in [0, 0.1) is 11.7 Å². The minimum Gasteiger partial charge on any atom is -0.399 e. The SMILES string of the molecule is CCC1CCN(c2cc(N)cc(F)c2)CC1. The molecule has 0 spiro atoms. The molecule has 1 aromatic carbocycles. The van der Waals surface area contributed by atoms with Crippen molar-refractivity contribution >= 4 is 11.4 Å². The summed E-state index contributed by atoms with van der Waals surface area (Å²) in [5.74, 6) is 0.592. The summed E-state index contributed by atoms with van der Waals surface area (Å²) in [5.41, 5.74) is 7.08. The van der Waals surface area contributed by atoms with Gasteiger partial charge in [0, 0.05) is 24.5 Å². The van der Waals surface area contributed by atoms with Crippen molar-refractivity contribution in [1.82, 2.24) is 0 Å². The van der Waals surface area contributed by atoms with Crippen molar-refractivity contribution in [2.75, 3.05) is 23.7 Å². The molecule has 16 heavy (non-hydrogen) atoms. The number of halogens is 1. The van der Waals surface area contributed by atoms with Crippen molar-refractivity contribution in [3.8, 4) is 0 Å². The number of nitrogens with two attached hydrogens (primary N) is 1. The molecule has 2 rings (SSSR count). The Labute approximate surface area is 96.2 Å². The van der Waals surface area contributed by atoms with Gasteiger partial charge in [0.15, 0.2) is 0 Å². The van der Waals surface area contributed by atoms with Crippen LogP contribution in [0.2, 0.25) is 0 Å². The summed E-state index contributed by atoms with van der Waals surface area (Å²) >= 11 is 0. The third kappa shape index (κ3) is 2.46. The molecule has 2 nitrogen and oxygen atoms in total. The van der Waals surface area contributed by atoms with E-state index in [1.165, 1.54) is 25.3 Å². The molecule has 1 heterocycles. The van der Waals surface area contributed by atoms with Gasteiger partial charge in [-0.1, -0.05) is 13.3 Å². The number of nitrogen functional groups attached to an aromatic ring is 1. The van der Waals surface area contributed by atoms with E-state index in [0.717, 1.165) is 24.7 Å². The second kappa shape index (κ2) is 4.73. The van der Waals surface area contributed by atoms with E-state index in [1.54, 1.807) is 6.07 Å². The fourth-order valence-corrected chi connectivity index (χ4v) is 2.38. The number of piperidine rings is 1. The molecular formula is C13H19FN2. The average Bonchev–Trinajstić information content (AvgIpc) is 2.28. The molecule has 0 radical (unpaired) electrons. The van der Waals surface area contributed by atoms with Crippen molar-refractivity contribution in [2.24, 2.45) is 5.92 Å². The van der Waals surface area contributed by atoms with Crippen LogP contribution in [0.4, 0.5) is 15.8 Å². The van der Waals surface area contributed by atoms with Crippen molar-refractivity contribution in [3.05, 3.63) is 24.0 Å². The highest BCUT2D eigenvalue weighted by atomic mass is 19.1. The molecule has 88 valence electrons. The monoisotopic (exact) mass is 222 g/mol. The van der Waals surface area contributed by atoms with Crippen LogP contribution >= 0.6 is 0 Å². The first-order chi connectivity index (χ1) is 7.69. The lowest BCUT2D eigenvalue weighted by molar-refractivity contribution is 0.395. The number of rotatable bonds is 2. The van der Waals surface area contributed by atoms with E-state index in [9.17, 15) is 4.39 Å². The van der Waals surface area contributed by atoms with Gasteiger partial charge in [-0.25, -0.2) is 4.39 Å². The maximum absolute atomic E-state index is 13.2. The van der Waals surface area contributed by atoms with Gasteiger partial charge in [-0.3, -0.25) is 0 Å². The van der Waals surface area contributed by atoms with Crippen molar-refractivity contribution in [2.45, 2.75) is 26.2 Å². The van der Waals surface area contributed by atoms with Crippen LogP contribution in [0.25, 0.3) is 0 Å². The number of anilines is 2. The normalized spacial score (nSPS) is 17.8. The zero-order valence-corrected chi connectivity index (χ0v) is 9.75. The third-order valence-electron chi connectivity index (χ3n) is 3.46. The Kier molecular flexibility index (Phi) is 3.32. The number of hydrogen-bond acceptors (Lipinski definition) is 2. The van der Waals surface area contributed by atoms with Crippen LogP contribution < -0.4 is 10.6 Å². The van der Waals surface area contributed by atoms with Gasteiger partial charge in [-0.2, -0.15) is 0 Å². The van der Waals surface area contributed by atoms with Crippen molar-refractivity contribution < 1.29 is 4.39 Å². The molecule has 1 aromatic rings. The Morgan fingerprint density at radius 3 is 2.56 bits per heavy atom. The van der Waals surface area contributed by atoms with Gasteiger partial charge < -0.3 is 10.6 Å². The molecule has 0 atom stereocenters. The van der Waals surface area contributed by atoms with E-state index >= 15 is 0 Å². The Balaban J connectivity index is 2.08. The molecule has 0 saturated carbocycles. The maximum Gasteiger partial charge on any atom is 0.127 e. The first-order valence-electron chi connectivity index (χ1n) is 6.00. The van der Waals surface area contributed by atoms with E-state index < -0.39 is 0 Å². The van der Waals surface area contributed by atoms with Crippen LogP contribution in [-0.2, 0) is 0 Å². The summed E-state index contributed by atoms with van der Waals surface area (Å²) in [5, 5.41) is 0. The van der Waals surface area contributed by atoms with E-state index in [0.29, 0.717) is 5.69 Å². The van der Waals surface area contributed by atoms with Crippen LogP contribution in [0.5, 0.6) is 0 Å². The van der Waals surface area contributed by atoms with Gasteiger partial charge in [0.05, 0.1) is 0 Å². The van der Waals surface area contributed by atoms with Crippen molar-refractivity contribution in [1.29, 1.82) is 0 Å². The maximum atomic E-state index is 13.2. The minimum atomic E-state index is -0.243. The molecule has 1 saturated heterocycles. The van der Waals surface area contributed by atoms with Gasteiger partial charge in [-0.05, 0) is 37.0 Å². The quantitative estimate of drug-likeness (QED) is 0.779. The molecule has 0 aliphatic carbocycles. The second-order valence-electron chi connectivity index (χ2n) is 4.58. The van der Waals surface area contributed by atoms with Crippen molar-refractivity contribution in [3.63, 3.8) is 0 Å². The van der Waals surface area contributed by atoms with Crippen LogP contribution in [-0.4, -0.2) is 13.1 Å². The number of benzene rings is 1. The molecule has 3 heteroatoms. The lowest BCUT2D eigenvalue weighted by Gasteiger charge is -2.33. The van der Waals surface area contributed by atoms with Gasteiger partial charge in [0.1, 0.15) is 5.82 Å². The predicted molar refractivity (Wildman–Crippen MR) is 66.0 cm³/mol. The highest BCUT2D eigenvalue weighted by Crippen LogP contribution is 2.26. The Morgan fingerprint density at radius 1 is 1.31 bits per heavy atom. The lowest BCUT2D eigenvalue weighted by atomic mass is 9.94. The zero-order valence-electron chi connectivity index (χ0n) is 9.75. The molecule has 0 amide bonds. The molecular weight excluding hydrogens is 203 g/mol. The summed E-state index contributed by atoms with van der Waals surface area (Å²) in [4.78, 5) is 2.23. The lowest BCUT2D eigenvalue weighted by Crippen LogP contribution is -2.33. The molecule has 1 aliphatic heterocycles. The summed E-state index contributed by atoms with van der Waals surface area (Å²) in [6.07, 6.45) is 3.65. The molecule has 0 bridgehead atoms. The average molecular weight is 222 g/mol. The van der Waals surface area contributed by atoms with Gasteiger partial charge >= 0.3 is 0 Å². The van der Waals surface area contributed by atoms with Crippen LogP contribution in [0.3, 0.4) is 0 Å². The molecule has 2 N–H and O–H groups in total. The van der Waals surface area contributed by atoms with E-state index in [1.807, 2.05) is 6.07 Å². The van der Waals surface area contributed by atoms with Gasteiger partial charge in [-0.15, -0.1) is 0 Å². The fraction of sp³-hybridized carbons (Fsp3) is 0.538. The van der Waals surface area contributed by atoms with E-state index in [2.05, 4.69) is 11.8 Å². The smallest absolute Gasteiger partial charge is 0.127 e. The number of hydrogen-bond donors (Lipinski definition) is 1.